The Balaban J connectivity index is 2.19. The molecule has 3 rings (SSSR count). The van der Waals surface area contributed by atoms with E-state index in [1.54, 1.807) is 0 Å². The van der Waals surface area contributed by atoms with Crippen molar-refractivity contribution in [3.8, 4) is 5.75 Å². The molecule has 0 atom stereocenters. The van der Waals surface area contributed by atoms with Crippen LogP contribution < -0.4 is 10.3 Å². The van der Waals surface area contributed by atoms with E-state index in [2.05, 4.69) is 38.5 Å². The van der Waals surface area contributed by atoms with Gasteiger partial charge in [0.1, 0.15) is 5.75 Å². The van der Waals surface area contributed by atoms with Crippen LogP contribution in [0.5, 0.6) is 5.75 Å². The first-order valence-corrected chi connectivity index (χ1v) is 19.8. The fourth-order valence-corrected chi connectivity index (χ4v) is 6.81. The van der Waals surface area contributed by atoms with E-state index >= 15 is 0 Å². The fraction of sp³-hybridized carbons (Fsp3) is 0.850. The predicted octanol–water partition coefficient (Wildman–Crippen LogP) is 13.5. The molecule has 0 aromatic heterocycles. The highest BCUT2D eigenvalue weighted by Gasteiger charge is 2.21. The van der Waals surface area contributed by atoms with E-state index in [9.17, 15) is 0 Å². The molecule has 5 nitrogen and oxygen atoms in total. The van der Waals surface area contributed by atoms with Gasteiger partial charge >= 0.3 is 0 Å². The van der Waals surface area contributed by atoms with E-state index in [1.165, 1.54) is 176 Å². The third kappa shape index (κ3) is 17.8. The number of hydrogen-bond donors (Lipinski definition) is 1. The van der Waals surface area contributed by atoms with E-state index in [0.29, 0.717) is 6.61 Å². The lowest BCUT2D eigenvalue weighted by atomic mass is 9.90. The van der Waals surface area contributed by atoms with Crippen molar-refractivity contribution in [2.24, 2.45) is 10.3 Å². The monoisotopic (exact) mass is 628 g/mol. The second-order valence-electron chi connectivity index (χ2n) is 13.9. The van der Waals surface area contributed by atoms with Crippen molar-refractivity contribution in [3.63, 3.8) is 0 Å². The highest BCUT2D eigenvalue weighted by atomic mass is 16.7. The van der Waals surface area contributed by atoms with Gasteiger partial charge in [0.25, 0.3) is 0 Å². The van der Waals surface area contributed by atoms with E-state index in [4.69, 9.17) is 14.7 Å². The van der Waals surface area contributed by atoms with Gasteiger partial charge < -0.3 is 4.74 Å². The molecule has 0 fully saturated rings. The topological polar surface area (TPSA) is 55.2 Å². The first kappa shape index (κ1) is 39.6. The summed E-state index contributed by atoms with van der Waals surface area (Å²) in [4.78, 5) is 5.64. The van der Waals surface area contributed by atoms with E-state index in [-0.39, 0.29) is 0 Å². The second kappa shape index (κ2) is 27.5. The van der Waals surface area contributed by atoms with Crippen LogP contribution in [-0.2, 0) is 17.7 Å². The molecule has 0 radical (unpaired) electrons. The summed E-state index contributed by atoms with van der Waals surface area (Å²) in [6.45, 7) is 10.6. The average Bonchev–Trinajstić information content (AvgIpc) is 3.04. The lowest BCUT2D eigenvalue weighted by Gasteiger charge is -2.22. The summed E-state index contributed by atoms with van der Waals surface area (Å²) in [5.41, 5.74) is 9.08. The number of nitrogens with zero attached hydrogens (tertiary/aromatic N) is 2. The lowest BCUT2D eigenvalue weighted by Crippen LogP contribution is -2.09. The molecule has 0 aliphatic carbocycles. The Hall–Kier alpha value is -1.62. The van der Waals surface area contributed by atoms with Crippen LogP contribution in [-0.4, -0.2) is 13.2 Å². The molecule has 260 valence electrons. The number of nitrogens with one attached hydrogen (secondary N) is 1. The van der Waals surface area contributed by atoms with Crippen LogP contribution in [0.25, 0.3) is 0 Å². The van der Waals surface area contributed by atoms with Gasteiger partial charge in [-0.3, -0.25) is 4.84 Å². The summed E-state index contributed by atoms with van der Waals surface area (Å²) in [6.07, 6.45) is 36.2. The van der Waals surface area contributed by atoms with Gasteiger partial charge in [0.15, 0.2) is 0 Å². The fourth-order valence-electron chi connectivity index (χ4n) is 6.81. The maximum absolute atomic E-state index is 6.80. The number of hydrogen-bond acceptors (Lipinski definition) is 5. The minimum absolute atomic E-state index is 0.675. The van der Waals surface area contributed by atoms with Gasteiger partial charge in [-0.2, -0.15) is 5.59 Å². The van der Waals surface area contributed by atoms with Crippen molar-refractivity contribution in [1.82, 2.24) is 5.59 Å². The van der Waals surface area contributed by atoms with Crippen molar-refractivity contribution >= 4 is 5.69 Å². The summed E-state index contributed by atoms with van der Waals surface area (Å²) in [5.74, 6) is 1.13. The molecule has 2 aliphatic rings. The molecular weight excluding hydrogens is 554 g/mol. The maximum atomic E-state index is 6.80. The third-order valence-electron chi connectivity index (χ3n) is 9.91. The van der Waals surface area contributed by atoms with Gasteiger partial charge in [0.2, 0.25) is 0 Å². The molecule has 1 aromatic carbocycles. The summed E-state index contributed by atoms with van der Waals surface area (Å²) in [6, 6.07) is 0. The van der Waals surface area contributed by atoms with Gasteiger partial charge in [0.05, 0.1) is 18.9 Å². The minimum Gasteiger partial charge on any atom is -0.493 e. The van der Waals surface area contributed by atoms with Crippen LogP contribution in [0.1, 0.15) is 203 Å². The van der Waals surface area contributed by atoms with Gasteiger partial charge in [-0.15, -0.1) is 5.11 Å². The Morgan fingerprint density at radius 2 is 1.11 bits per heavy atom. The number of benzene rings is 1. The first-order valence-electron chi connectivity index (χ1n) is 19.8. The number of rotatable bonds is 19. The van der Waals surface area contributed by atoms with Gasteiger partial charge in [-0.05, 0) is 74.3 Å². The Bertz CT molecular complexity index is 885. The van der Waals surface area contributed by atoms with Crippen molar-refractivity contribution in [1.29, 1.82) is 0 Å². The Morgan fingerprint density at radius 1 is 0.600 bits per heavy atom. The Kier molecular flexibility index (Phi) is 24.2. The number of ether oxygens (including phenoxy) is 1. The lowest BCUT2D eigenvalue weighted by molar-refractivity contribution is 0.0354. The van der Waals surface area contributed by atoms with E-state index in [1.807, 2.05) is 0 Å². The molecule has 2 bridgehead atoms. The molecule has 0 unspecified atom stereocenters. The predicted molar refractivity (Wildman–Crippen MR) is 194 cm³/mol. The minimum atomic E-state index is 0.675. The van der Waals surface area contributed by atoms with Crippen molar-refractivity contribution in [2.75, 3.05) is 13.2 Å². The van der Waals surface area contributed by atoms with Crippen LogP contribution in [0, 0.1) is 13.8 Å². The molecule has 2 heterocycles. The van der Waals surface area contributed by atoms with Crippen LogP contribution in [0.2, 0.25) is 0 Å². The molecule has 0 amide bonds. The first-order chi connectivity index (χ1) is 22.2. The third-order valence-corrected chi connectivity index (χ3v) is 9.91. The Labute approximate surface area is 279 Å². The highest BCUT2D eigenvalue weighted by Crippen LogP contribution is 2.41. The zero-order valence-corrected chi connectivity index (χ0v) is 30.4. The van der Waals surface area contributed by atoms with Crippen LogP contribution >= 0.6 is 0 Å². The van der Waals surface area contributed by atoms with Crippen LogP contribution in [0.15, 0.2) is 10.3 Å². The van der Waals surface area contributed by atoms with Crippen LogP contribution in [0.4, 0.5) is 5.69 Å². The highest BCUT2D eigenvalue weighted by molar-refractivity contribution is 5.65. The van der Waals surface area contributed by atoms with Gasteiger partial charge in [-0.25, -0.2) is 0 Å². The summed E-state index contributed by atoms with van der Waals surface area (Å²) in [7, 11) is 0. The zero-order chi connectivity index (χ0) is 32.2. The van der Waals surface area contributed by atoms with Crippen LogP contribution in [0.3, 0.4) is 0 Å². The molecular formula is C40H73N3O2. The second-order valence-corrected chi connectivity index (χ2v) is 13.9. The molecule has 45 heavy (non-hydrogen) atoms. The van der Waals surface area contributed by atoms with E-state index < -0.39 is 0 Å². The van der Waals surface area contributed by atoms with Crippen molar-refractivity contribution in [2.45, 2.75) is 207 Å². The average molecular weight is 628 g/mol. The zero-order valence-electron chi connectivity index (χ0n) is 30.4. The van der Waals surface area contributed by atoms with Gasteiger partial charge in [0, 0.05) is 5.56 Å². The number of fused-ring (bicyclic) bond motifs is 16. The molecule has 0 saturated heterocycles. The molecule has 1 N–H and O–H groups in total. The maximum Gasteiger partial charge on any atom is 0.128 e. The SMILES string of the molecule is CCCCCCCCCCCCc1c2c(C)c(C)c(c1OCCCCCCCC)CCCCCCCCCCCCONN=N2. The molecule has 1 aromatic rings. The number of unbranched alkanes of at least 4 members (excludes halogenated alkanes) is 14. The molecule has 0 spiro atoms. The van der Waals surface area contributed by atoms with Gasteiger partial charge in [-0.1, -0.05) is 155 Å². The largest absolute Gasteiger partial charge is 0.493 e. The van der Waals surface area contributed by atoms with E-state index in [0.717, 1.165) is 43.7 Å². The van der Waals surface area contributed by atoms with Crippen molar-refractivity contribution < 1.29 is 9.57 Å². The summed E-state index contributed by atoms with van der Waals surface area (Å²) >= 11 is 0. The summed E-state index contributed by atoms with van der Waals surface area (Å²) < 4.78 is 6.80. The molecule has 0 saturated carbocycles. The standard InChI is InChI=1S/C40H73N3O2/c1-5-7-9-11-13-14-17-21-24-28-32-38-39-36(4)35(3)37(40(38)44-33-29-25-12-10-8-6-2)31-27-23-20-18-15-16-19-22-26-30-34-45-43-42-41-39/h5-34H2,1-4H3,(H,41,43). The normalized spacial score (nSPS) is 15.6. The summed E-state index contributed by atoms with van der Waals surface area (Å²) in [5, 5.41) is 9.10. The Morgan fingerprint density at radius 3 is 1.71 bits per heavy atom. The quantitative estimate of drug-likeness (QED) is 0.155. The smallest absolute Gasteiger partial charge is 0.128 e. The van der Waals surface area contributed by atoms with Crippen molar-refractivity contribution in [3.05, 3.63) is 22.3 Å². The molecule has 5 heteroatoms. The molecule has 2 aliphatic heterocycles.